The van der Waals surface area contributed by atoms with Crippen LogP contribution in [0, 0.1) is 0 Å². The zero-order valence-corrected chi connectivity index (χ0v) is 8.82. The topological polar surface area (TPSA) is 68.8 Å². The molecule has 0 bridgehead atoms. The Morgan fingerprint density at radius 3 is 3.00 bits per heavy atom. The third-order valence-electron chi connectivity index (χ3n) is 1.65. The van der Waals surface area contributed by atoms with E-state index in [0.717, 1.165) is 12.0 Å². The Kier molecular flexibility index (Phi) is 4.36. The summed E-state index contributed by atoms with van der Waals surface area (Å²) in [6.45, 7) is 4.00. The van der Waals surface area contributed by atoms with Crippen molar-refractivity contribution in [2.75, 3.05) is 0 Å². The van der Waals surface area contributed by atoms with E-state index in [1.165, 1.54) is 17.6 Å². The number of nitrogens with zero attached hydrogens (tertiary/aromatic N) is 2. The number of carbonyl (C=O) groups is 1. The molecule has 0 unspecified atom stereocenters. The molecule has 1 aliphatic heterocycles. The summed E-state index contributed by atoms with van der Waals surface area (Å²) in [5.74, 6) is -0.232. The highest BCUT2D eigenvalue weighted by Gasteiger charge is 2.06. The highest BCUT2D eigenvalue weighted by molar-refractivity contribution is 5.87. The van der Waals surface area contributed by atoms with Crippen molar-refractivity contribution in [3.8, 4) is 0 Å². The van der Waals surface area contributed by atoms with E-state index in [-0.39, 0.29) is 5.91 Å². The molecule has 0 saturated carbocycles. The maximum absolute atomic E-state index is 11.3. The molecule has 1 amide bonds. The molecule has 0 aromatic heterocycles. The van der Waals surface area contributed by atoms with Gasteiger partial charge in [-0.15, -0.1) is 0 Å². The second-order valence-electron chi connectivity index (χ2n) is 2.99. The lowest BCUT2D eigenvalue weighted by Crippen LogP contribution is -2.51. The van der Waals surface area contributed by atoms with Crippen LogP contribution >= 0.6 is 0 Å². The van der Waals surface area contributed by atoms with Crippen molar-refractivity contribution in [3.63, 3.8) is 0 Å². The molecule has 0 aromatic carbocycles. The standard InChI is InChI=1S/C9H15N5O/c1-3-4-8(2)5-6-9(15)12-14-11-7-10-13-14/h4-7,13H,3H2,1-2H3,(H,10,11)(H,12,15)/b6-5+,8-4+. The number of nitrogens with one attached hydrogen (secondary N) is 3. The Hall–Kier alpha value is -1.82. The summed E-state index contributed by atoms with van der Waals surface area (Å²) in [4.78, 5) is 11.3. The van der Waals surface area contributed by atoms with Crippen molar-refractivity contribution < 1.29 is 4.79 Å². The minimum absolute atomic E-state index is 0.232. The molecule has 6 heteroatoms. The molecule has 1 rings (SSSR count). The van der Waals surface area contributed by atoms with Gasteiger partial charge in [-0.3, -0.25) is 10.2 Å². The number of hydrazone groups is 1. The lowest BCUT2D eigenvalue weighted by molar-refractivity contribution is -0.123. The van der Waals surface area contributed by atoms with Crippen LogP contribution in [0.3, 0.4) is 0 Å². The summed E-state index contributed by atoms with van der Waals surface area (Å²) in [6.07, 6.45) is 7.64. The molecule has 3 N–H and O–H groups in total. The minimum Gasteiger partial charge on any atom is -0.270 e. The van der Waals surface area contributed by atoms with E-state index in [2.05, 4.69) is 21.5 Å². The van der Waals surface area contributed by atoms with Crippen molar-refractivity contribution in [3.05, 3.63) is 23.8 Å². The first-order valence-electron chi connectivity index (χ1n) is 4.71. The fourth-order valence-corrected chi connectivity index (χ4v) is 1.00. The first-order valence-corrected chi connectivity index (χ1v) is 4.71. The monoisotopic (exact) mass is 209 g/mol. The molecule has 15 heavy (non-hydrogen) atoms. The number of amides is 1. The number of hydrazine groups is 3. The van der Waals surface area contributed by atoms with Crippen molar-refractivity contribution in [1.29, 1.82) is 0 Å². The van der Waals surface area contributed by atoms with E-state index in [4.69, 9.17) is 0 Å². The number of hydrogen-bond donors (Lipinski definition) is 3. The van der Waals surface area contributed by atoms with Crippen LogP contribution in [-0.4, -0.2) is 17.5 Å². The van der Waals surface area contributed by atoms with Gasteiger partial charge >= 0.3 is 0 Å². The summed E-state index contributed by atoms with van der Waals surface area (Å²) in [7, 11) is 0. The second kappa shape index (κ2) is 5.82. The van der Waals surface area contributed by atoms with E-state index in [0.29, 0.717) is 0 Å². The van der Waals surface area contributed by atoms with E-state index in [1.807, 2.05) is 19.9 Å². The van der Waals surface area contributed by atoms with Crippen LogP contribution in [0.25, 0.3) is 0 Å². The quantitative estimate of drug-likeness (QED) is 0.457. The Bertz CT molecular complexity index is 300. The van der Waals surface area contributed by atoms with Gasteiger partial charge < -0.3 is 0 Å². The molecule has 1 heterocycles. The third kappa shape index (κ3) is 4.28. The van der Waals surface area contributed by atoms with Gasteiger partial charge in [0.05, 0.1) is 0 Å². The molecule has 0 aliphatic carbocycles. The minimum atomic E-state index is -0.232. The summed E-state index contributed by atoms with van der Waals surface area (Å²) in [5.41, 5.74) is 8.73. The zero-order valence-electron chi connectivity index (χ0n) is 8.82. The van der Waals surface area contributed by atoms with Gasteiger partial charge in [0.2, 0.25) is 0 Å². The second-order valence-corrected chi connectivity index (χ2v) is 2.99. The van der Waals surface area contributed by atoms with Gasteiger partial charge in [0.15, 0.2) is 0 Å². The average molecular weight is 209 g/mol. The van der Waals surface area contributed by atoms with Gasteiger partial charge in [-0.05, 0) is 18.6 Å². The first kappa shape index (κ1) is 11.3. The molecule has 0 atom stereocenters. The molecule has 0 fully saturated rings. The fraction of sp³-hybridized carbons (Fsp3) is 0.333. The Labute approximate surface area is 88.6 Å². The lowest BCUT2D eigenvalue weighted by atomic mass is 10.2. The fourth-order valence-electron chi connectivity index (χ4n) is 1.00. The van der Waals surface area contributed by atoms with Crippen LogP contribution in [0.2, 0.25) is 0 Å². The normalized spacial score (nSPS) is 16.5. The summed E-state index contributed by atoms with van der Waals surface area (Å²) in [6, 6.07) is 0. The van der Waals surface area contributed by atoms with E-state index < -0.39 is 0 Å². The van der Waals surface area contributed by atoms with Crippen molar-refractivity contribution in [2.24, 2.45) is 5.10 Å². The molecular weight excluding hydrogens is 194 g/mol. The van der Waals surface area contributed by atoms with Crippen LogP contribution in [-0.2, 0) is 4.79 Å². The first-order chi connectivity index (χ1) is 7.22. The van der Waals surface area contributed by atoms with Gasteiger partial charge in [-0.2, -0.15) is 5.10 Å². The van der Waals surface area contributed by atoms with Gasteiger partial charge in [0.1, 0.15) is 6.34 Å². The maximum Gasteiger partial charge on any atom is 0.261 e. The average Bonchev–Trinajstić information content (AvgIpc) is 2.68. The predicted molar refractivity (Wildman–Crippen MR) is 57.9 cm³/mol. The molecular formula is C9H15N5O. The SMILES string of the molecule is CC/C=C(C)/C=C/C(=O)NN1NC=NN1. The van der Waals surface area contributed by atoms with Gasteiger partial charge in [-0.1, -0.05) is 24.6 Å². The molecule has 0 aromatic rings. The van der Waals surface area contributed by atoms with Gasteiger partial charge in [0.25, 0.3) is 5.91 Å². The van der Waals surface area contributed by atoms with Crippen molar-refractivity contribution in [2.45, 2.75) is 20.3 Å². The molecule has 0 saturated heterocycles. The number of hydrogen-bond acceptors (Lipinski definition) is 5. The van der Waals surface area contributed by atoms with Crippen LogP contribution in [0.4, 0.5) is 0 Å². The number of rotatable bonds is 4. The highest BCUT2D eigenvalue weighted by atomic mass is 16.2. The Morgan fingerprint density at radius 2 is 2.40 bits per heavy atom. The largest absolute Gasteiger partial charge is 0.270 e. The molecule has 0 spiro atoms. The van der Waals surface area contributed by atoms with Crippen molar-refractivity contribution in [1.82, 2.24) is 21.6 Å². The van der Waals surface area contributed by atoms with E-state index in [1.54, 1.807) is 6.08 Å². The highest BCUT2D eigenvalue weighted by Crippen LogP contribution is 1.96. The Morgan fingerprint density at radius 1 is 1.60 bits per heavy atom. The van der Waals surface area contributed by atoms with E-state index >= 15 is 0 Å². The smallest absolute Gasteiger partial charge is 0.261 e. The molecule has 1 aliphatic rings. The van der Waals surface area contributed by atoms with Crippen LogP contribution in [0.1, 0.15) is 20.3 Å². The Balaban J connectivity index is 2.32. The van der Waals surface area contributed by atoms with E-state index in [9.17, 15) is 4.79 Å². The van der Waals surface area contributed by atoms with Gasteiger partial charge in [0, 0.05) is 6.08 Å². The summed E-state index contributed by atoms with van der Waals surface area (Å²) < 4.78 is 0. The van der Waals surface area contributed by atoms with Crippen LogP contribution in [0.15, 0.2) is 28.9 Å². The van der Waals surface area contributed by atoms with Crippen LogP contribution < -0.4 is 16.4 Å². The lowest BCUT2D eigenvalue weighted by Gasteiger charge is -2.13. The zero-order chi connectivity index (χ0) is 11.1. The summed E-state index contributed by atoms with van der Waals surface area (Å²) >= 11 is 0. The van der Waals surface area contributed by atoms with Crippen molar-refractivity contribution >= 4 is 12.2 Å². The molecule has 0 radical (unpaired) electrons. The number of carbonyl (C=O) groups excluding carboxylic acids is 1. The van der Waals surface area contributed by atoms with Crippen LogP contribution in [0.5, 0.6) is 0 Å². The van der Waals surface area contributed by atoms with Gasteiger partial charge in [-0.25, -0.2) is 11.0 Å². The third-order valence-corrected chi connectivity index (χ3v) is 1.65. The predicted octanol–water partition coefficient (Wildman–Crippen LogP) is 0.198. The number of allylic oxidation sites excluding steroid dienone is 3. The molecule has 82 valence electrons. The summed E-state index contributed by atoms with van der Waals surface area (Å²) in [5, 5.41) is 4.89. The molecule has 6 nitrogen and oxygen atoms in total. The maximum atomic E-state index is 11.3.